The van der Waals surface area contributed by atoms with Crippen LogP contribution in [0.15, 0.2) is 53.5 Å². The third-order valence-electron chi connectivity index (χ3n) is 7.26. The summed E-state index contributed by atoms with van der Waals surface area (Å²) in [5, 5.41) is 0. The van der Waals surface area contributed by atoms with Crippen molar-refractivity contribution in [1.82, 2.24) is 4.90 Å². The number of methoxy groups -OCH3 is 3. The van der Waals surface area contributed by atoms with Crippen LogP contribution in [0.2, 0.25) is 0 Å². The molecule has 1 saturated heterocycles. The minimum absolute atomic E-state index is 0.00427. The Labute approximate surface area is 259 Å². The maximum absolute atomic E-state index is 13.0. The van der Waals surface area contributed by atoms with E-state index in [1.54, 1.807) is 33.5 Å². The Morgan fingerprint density at radius 2 is 1.52 bits per heavy atom. The molecule has 3 aromatic rings. The van der Waals surface area contributed by atoms with Crippen LogP contribution < -0.4 is 28.4 Å². The summed E-state index contributed by atoms with van der Waals surface area (Å²) in [7, 11) is 4.79. The topological polar surface area (TPSA) is 88.1 Å². The lowest BCUT2D eigenvalue weighted by Gasteiger charge is -2.20. The molecule has 0 bridgehead atoms. The predicted molar refractivity (Wildman–Crippen MR) is 169 cm³/mol. The fourth-order valence-corrected chi connectivity index (χ4v) is 5.63. The number of carbonyl (C=O) groups is 1. The molecule has 1 atom stereocenters. The van der Waals surface area contributed by atoms with Crippen LogP contribution in [-0.2, 0) is 0 Å². The highest BCUT2D eigenvalue weighted by molar-refractivity contribution is 14.1. The SMILES string of the molecule is COc1ccc(Oc2ccc(OCCCCCOc3cc4c(cc3OC)C(=O)N3CCC[C@H]3C=N4)cc2I)cc1OC. The van der Waals surface area contributed by atoms with Gasteiger partial charge in [-0.1, -0.05) is 0 Å². The molecular formula is C32H35IN2O7. The number of halogens is 1. The van der Waals surface area contributed by atoms with Crippen molar-refractivity contribution in [2.24, 2.45) is 4.99 Å². The van der Waals surface area contributed by atoms with E-state index in [-0.39, 0.29) is 11.9 Å². The van der Waals surface area contributed by atoms with E-state index in [0.29, 0.717) is 53.2 Å². The average Bonchev–Trinajstić information content (AvgIpc) is 3.44. The van der Waals surface area contributed by atoms with Gasteiger partial charge in [-0.3, -0.25) is 9.79 Å². The third-order valence-corrected chi connectivity index (χ3v) is 8.10. The Bertz CT molecular complexity index is 1440. The summed E-state index contributed by atoms with van der Waals surface area (Å²) in [5.41, 5.74) is 1.19. The van der Waals surface area contributed by atoms with Crippen LogP contribution in [0.1, 0.15) is 42.5 Å². The van der Waals surface area contributed by atoms with E-state index in [0.717, 1.165) is 53.7 Å². The summed E-state index contributed by atoms with van der Waals surface area (Å²) >= 11 is 2.24. The van der Waals surface area contributed by atoms with E-state index in [9.17, 15) is 4.79 Å². The Morgan fingerprint density at radius 1 is 0.810 bits per heavy atom. The van der Waals surface area contributed by atoms with Gasteiger partial charge in [0.15, 0.2) is 23.0 Å². The molecule has 0 spiro atoms. The van der Waals surface area contributed by atoms with Gasteiger partial charge in [0.1, 0.15) is 17.2 Å². The number of aliphatic imine (C=N–C) groups is 1. The molecule has 0 unspecified atom stereocenters. The number of unbranched alkanes of at least 4 members (excludes halogenated alkanes) is 2. The van der Waals surface area contributed by atoms with Crippen molar-refractivity contribution in [3.8, 4) is 40.2 Å². The lowest BCUT2D eigenvalue weighted by molar-refractivity contribution is 0.0774. The number of benzene rings is 3. The number of hydrogen-bond donors (Lipinski definition) is 0. The molecule has 0 saturated carbocycles. The molecular weight excluding hydrogens is 651 g/mol. The molecule has 0 radical (unpaired) electrons. The van der Waals surface area contributed by atoms with Crippen molar-refractivity contribution < 1.29 is 33.2 Å². The first kappa shape index (κ1) is 29.8. The molecule has 1 amide bonds. The summed E-state index contributed by atoms with van der Waals surface area (Å²) < 4.78 is 35.2. The summed E-state index contributed by atoms with van der Waals surface area (Å²) in [5.74, 6) is 4.60. The van der Waals surface area contributed by atoms with Crippen LogP contribution >= 0.6 is 22.6 Å². The lowest BCUT2D eigenvalue weighted by Crippen LogP contribution is -2.35. The average molecular weight is 687 g/mol. The molecule has 0 N–H and O–H groups in total. The fourth-order valence-electron chi connectivity index (χ4n) is 5.03. The molecule has 2 aliphatic heterocycles. The molecule has 222 valence electrons. The van der Waals surface area contributed by atoms with Crippen LogP contribution in [-0.4, -0.2) is 64.2 Å². The molecule has 0 aliphatic carbocycles. The van der Waals surface area contributed by atoms with E-state index in [1.165, 1.54) is 0 Å². The maximum atomic E-state index is 13.0. The predicted octanol–water partition coefficient (Wildman–Crippen LogP) is 7.06. The van der Waals surface area contributed by atoms with Crippen LogP contribution in [0.25, 0.3) is 0 Å². The van der Waals surface area contributed by atoms with Crippen molar-refractivity contribution in [3.05, 3.63) is 57.7 Å². The molecule has 0 aromatic heterocycles. The highest BCUT2D eigenvalue weighted by atomic mass is 127. The second-order valence-corrected chi connectivity index (χ2v) is 11.1. The fraction of sp³-hybridized carbons (Fsp3) is 0.375. The van der Waals surface area contributed by atoms with Crippen molar-refractivity contribution in [3.63, 3.8) is 0 Å². The van der Waals surface area contributed by atoms with Gasteiger partial charge in [-0.25, -0.2) is 0 Å². The smallest absolute Gasteiger partial charge is 0.256 e. The Hall–Kier alpha value is -3.67. The Morgan fingerprint density at radius 3 is 2.29 bits per heavy atom. The van der Waals surface area contributed by atoms with Gasteiger partial charge in [-0.05, 0) is 91.1 Å². The zero-order chi connectivity index (χ0) is 29.5. The lowest BCUT2D eigenvalue weighted by atomic mass is 10.1. The summed E-state index contributed by atoms with van der Waals surface area (Å²) in [6, 6.07) is 14.9. The minimum Gasteiger partial charge on any atom is -0.494 e. The molecule has 10 heteroatoms. The quantitative estimate of drug-likeness (QED) is 0.141. The van der Waals surface area contributed by atoms with Gasteiger partial charge < -0.3 is 33.3 Å². The monoisotopic (exact) mass is 686 g/mol. The zero-order valence-corrected chi connectivity index (χ0v) is 26.2. The second kappa shape index (κ2) is 14.0. The molecule has 3 aromatic carbocycles. The third kappa shape index (κ3) is 6.86. The number of carbonyl (C=O) groups excluding carboxylic acids is 1. The number of fused-ring (bicyclic) bond motifs is 2. The van der Waals surface area contributed by atoms with Crippen molar-refractivity contribution in [1.29, 1.82) is 0 Å². The van der Waals surface area contributed by atoms with E-state index in [1.807, 2.05) is 47.5 Å². The van der Waals surface area contributed by atoms with E-state index >= 15 is 0 Å². The van der Waals surface area contributed by atoms with E-state index < -0.39 is 0 Å². The molecule has 9 nitrogen and oxygen atoms in total. The molecule has 5 rings (SSSR count). The Balaban J connectivity index is 1.07. The second-order valence-electron chi connectivity index (χ2n) is 9.98. The minimum atomic E-state index is 0.00427. The summed E-state index contributed by atoms with van der Waals surface area (Å²) in [6.45, 7) is 1.89. The van der Waals surface area contributed by atoms with Crippen molar-refractivity contribution in [2.45, 2.75) is 38.1 Å². The molecule has 1 fully saturated rings. The van der Waals surface area contributed by atoms with Crippen LogP contribution in [0, 0.1) is 3.57 Å². The Kier molecular flexibility index (Phi) is 9.93. The highest BCUT2D eigenvalue weighted by Gasteiger charge is 2.32. The molecule has 2 aliphatic rings. The van der Waals surface area contributed by atoms with Crippen LogP contribution in [0.5, 0.6) is 40.2 Å². The van der Waals surface area contributed by atoms with Crippen LogP contribution in [0.4, 0.5) is 5.69 Å². The normalized spacial score (nSPS) is 15.5. The van der Waals surface area contributed by atoms with Crippen LogP contribution in [0.3, 0.4) is 0 Å². The first-order valence-electron chi connectivity index (χ1n) is 14.0. The van der Waals surface area contributed by atoms with E-state index in [2.05, 4.69) is 27.6 Å². The van der Waals surface area contributed by atoms with Crippen molar-refractivity contribution >= 4 is 40.4 Å². The van der Waals surface area contributed by atoms with Gasteiger partial charge in [0.05, 0.1) is 55.4 Å². The number of amides is 1. The summed E-state index contributed by atoms with van der Waals surface area (Å²) in [6.07, 6.45) is 6.53. The summed E-state index contributed by atoms with van der Waals surface area (Å²) in [4.78, 5) is 19.5. The van der Waals surface area contributed by atoms with Crippen molar-refractivity contribution in [2.75, 3.05) is 41.1 Å². The molecule has 42 heavy (non-hydrogen) atoms. The largest absolute Gasteiger partial charge is 0.494 e. The highest BCUT2D eigenvalue weighted by Crippen LogP contribution is 2.38. The first-order valence-corrected chi connectivity index (χ1v) is 15.1. The van der Waals surface area contributed by atoms with Gasteiger partial charge in [-0.15, -0.1) is 0 Å². The van der Waals surface area contributed by atoms with Gasteiger partial charge >= 0.3 is 0 Å². The number of ether oxygens (including phenoxy) is 6. The van der Waals surface area contributed by atoms with Gasteiger partial charge in [-0.2, -0.15) is 0 Å². The number of nitrogens with zero attached hydrogens (tertiary/aromatic N) is 2. The van der Waals surface area contributed by atoms with E-state index in [4.69, 9.17) is 28.4 Å². The maximum Gasteiger partial charge on any atom is 0.256 e. The number of rotatable bonds is 13. The van der Waals surface area contributed by atoms with Gasteiger partial charge in [0.25, 0.3) is 5.91 Å². The first-order chi connectivity index (χ1) is 20.5. The molecule has 2 heterocycles. The number of hydrogen-bond acceptors (Lipinski definition) is 8. The standard InChI is InChI=1S/C32H35IN2O7/c1-37-28-12-10-23(17-29(28)38-2)42-27-11-9-22(16-25(27)33)40-14-5-4-6-15-41-31-19-26-24(18-30(31)39-3)32(36)35-13-7-8-21(35)20-34-26/h9-12,16-21H,4-8,13-15H2,1-3H3/t21-/m0/s1. The van der Waals surface area contributed by atoms with Gasteiger partial charge in [0.2, 0.25) is 0 Å². The zero-order valence-electron chi connectivity index (χ0n) is 24.1. The van der Waals surface area contributed by atoms with Gasteiger partial charge in [0, 0.05) is 24.9 Å².